The average molecular weight is 308 g/mol. The molecule has 1 aromatic carbocycles. The van der Waals surface area contributed by atoms with E-state index in [2.05, 4.69) is 15.6 Å². The molecule has 0 aliphatic heterocycles. The van der Waals surface area contributed by atoms with Crippen molar-refractivity contribution in [2.75, 3.05) is 11.9 Å². The minimum absolute atomic E-state index is 0.0436. The number of amides is 3. The highest BCUT2D eigenvalue weighted by Gasteiger charge is 2.19. The largest absolute Gasteiger partial charge is 0.370 e. The van der Waals surface area contributed by atoms with Crippen molar-refractivity contribution < 1.29 is 14.8 Å². The highest BCUT2D eigenvalue weighted by atomic mass is 16.5. The first-order valence-electron chi connectivity index (χ1n) is 6.65. The number of aliphatic imine (C=N–C) groups is 1. The number of carbonyl (C=O) groups is 2. The molecule has 1 rings (SSSR count). The Bertz CT molecular complexity index is 516. The molecule has 0 unspecified atom stereocenters. The molecular formula is C13H20N6O3. The van der Waals surface area contributed by atoms with E-state index in [1.807, 2.05) is 6.07 Å². The van der Waals surface area contributed by atoms with Crippen LogP contribution < -0.4 is 27.6 Å². The highest BCUT2D eigenvalue weighted by Crippen LogP contribution is 2.05. The lowest BCUT2D eigenvalue weighted by molar-refractivity contribution is -0.131. The summed E-state index contributed by atoms with van der Waals surface area (Å²) in [5.41, 5.74) is 12.5. The van der Waals surface area contributed by atoms with Crippen LogP contribution in [0.25, 0.3) is 0 Å². The summed E-state index contributed by atoms with van der Waals surface area (Å²) in [6.07, 6.45) is 0.729. The first-order chi connectivity index (χ1) is 10.5. The van der Waals surface area contributed by atoms with Gasteiger partial charge in [-0.2, -0.15) is 0 Å². The zero-order valence-corrected chi connectivity index (χ0v) is 12.0. The number of anilines is 1. The maximum atomic E-state index is 11.8. The van der Waals surface area contributed by atoms with Crippen LogP contribution in [0.15, 0.2) is 35.3 Å². The van der Waals surface area contributed by atoms with E-state index in [1.54, 1.807) is 24.3 Å². The van der Waals surface area contributed by atoms with E-state index in [0.717, 1.165) is 0 Å². The number of nitrogens with one attached hydrogen (secondary N) is 3. The topological polar surface area (TPSA) is 155 Å². The van der Waals surface area contributed by atoms with Gasteiger partial charge in [0.15, 0.2) is 5.96 Å². The summed E-state index contributed by atoms with van der Waals surface area (Å²) in [7, 11) is 0. The minimum Gasteiger partial charge on any atom is -0.370 e. The summed E-state index contributed by atoms with van der Waals surface area (Å²) in [4.78, 5) is 27.2. The molecule has 1 atom stereocenters. The number of guanidine groups is 1. The number of rotatable bonds is 7. The fourth-order valence-electron chi connectivity index (χ4n) is 1.70. The van der Waals surface area contributed by atoms with Gasteiger partial charge in [0, 0.05) is 12.2 Å². The van der Waals surface area contributed by atoms with Gasteiger partial charge < -0.3 is 22.1 Å². The normalized spacial score (nSPS) is 11.1. The Hall–Kier alpha value is -2.81. The Balaban J connectivity index is 2.51. The first-order valence-corrected chi connectivity index (χ1v) is 6.65. The van der Waals surface area contributed by atoms with Gasteiger partial charge in [0.1, 0.15) is 6.04 Å². The molecule has 0 aromatic heterocycles. The molecule has 0 saturated heterocycles. The molecule has 8 N–H and O–H groups in total. The van der Waals surface area contributed by atoms with Crippen LogP contribution in [0.3, 0.4) is 0 Å². The smallest absolute Gasteiger partial charge is 0.319 e. The molecule has 0 aliphatic carbocycles. The van der Waals surface area contributed by atoms with Crippen LogP contribution in [0.2, 0.25) is 0 Å². The van der Waals surface area contributed by atoms with Crippen molar-refractivity contribution in [1.29, 1.82) is 0 Å². The molecule has 0 bridgehead atoms. The number of nitrogens with zero attached hydrogens (tertiary/aromatic N) is 1. The van der Waals surface area contributed by atoms with Crippen molar-refractivity contribution in [3.05, 3.63) is 30.3 Å². The average Bonchev–Trinajstić information content (AvgIpc) is 2.50. The van der Waals surface area contributed by atoms with Gasteiger partial charge in [-0.25, -0.2) is 10.3 Å². The maximum Gasteiger partial charge on any atom is 0.319 e. The second-order valence-electron chi connectivity index (χ2n) is 4.44. The van der Waals surface area contributed by atoms with Crippen molar-refractivity contribution in [1.82, 2.24) is 10.8 Å². The Morgan fingerprint density at radius 2 is 1.91 bits per heavy atom. The SMILES string of the molecule is NC(N)=NCCC[C@H](NC(=O)Nc1ccccc1)C(=O)NO. The third-order valence-corrected chi connectivity index (χ3v) is 2.71. The molecule has 9 heteroatoms. The molecule has 22 heavy (non-hydrogen) atoms. The number of hydrogen-bond donors (Lipinski definition) is 6. The van der Waals surface area contributed by atoms with Gasteiger partial charge in [-0.1, -0.05) is 18.2 Å². The third-order valence-electron chi connectivity index (χ3n) is 2.71. The van der Waals surface area contributed by atoms with E-state index in [4.69, 9.17) is 16.7 Å². The van der Waals surface area contributed by atoms with Gasteiger partial charge in [-0.05, 0) is 25.0 Å². The Morgan fingerprint density at radius 3 is 2.50 bits per heavy atom. The molecule has 0 fully saturated rings. The van der Waals surface area contributed by atoms with E-state index in [9.17, 15) is 9.59 Å². The number of urea groups is 1. The molecule has 0 spiro atoms. The minimum atomic E-state index is -0.900. The van der Waals surface area contributed by atoms with Crippen molar-refractivity contribution >= 4 is 23.6 Å². The van der Waals surface area contributed by atoms with Crippen LogP contribution in [0.5, 0.6) is 0 Å². The van der Waals surface area contributed by atoms with Gasteiger partial charge in [0.05, 0.1) is 0 Å². The lowest BCUT2D eigenvalue weighted by atomic mass is 10.1. The molecule has 0 saturated carbocycles. The van der Waals surface area contributed by atoms with E-state index in [1.165, 1.54) is 5.48 Å². The van der Waals surface area contributed by atoms with Gasteiger partial charge in [0.2, 0.25) is 0 Å². The van der Waals surface area contributed by atoms with Crippen LogP contribution in [-0.2, 0) is 4.79 Å². The second kappa shape index (κ2) is 9.19. The Labute approximate surface area is 127 Å². The fraction of sp³-hybridized carbons (Fsp3) is 0.308. The van der Waals surface area contributed by atoms with Crippen LogP contribution in [0.1, 0.15) is 12.8 Å². The molecule has 1 aromatic rings. The summed E-state index contributed by atoms with van der Waals surface area (Å²) in [6.45, 7) is 0.319. The van der Waals surface area contributed by atoms with Crippen LogP contribution in [-0.4, -0.2) is 35.7 Å². The van der Waals surface area contributed by atoms with E-state index in [-0.39, 0.29) is 12.4 Å². The van der Waals surface area contributed by atoms with E-state index >= 15 is 0 Å². The Kier molecular flexibility index (Phi) is 7.20. The maximum absolute atomic E-state index is 11.8. The van der Waals surface area contributed by atoms with Gasteiger partial charge >= 0.3 is 6.03 Å². The quantitative estimate of drug-likeness (QED) is 0.134. The van der Waals surface area contributed by atoms with Crippen LogP contribution in [0.4, 0.5) is 10.5 Å². The zero-order chi connectivity index (χ0) is 16.4. The fourth-order valence-corrected chi connectivity index (χ4v) is 1.70. The number of nitrogens with two attached hydrogens (primary N) is 2. The lowest BCUT2D eigenvalue weighted by Crippen LogP contribution is -2.47. The first kappa shape index (κ1) is 17.2. The number of hydrogen-bond acceptors (Lipinski definition) is 4. The molecule has 9 nitrogen and oxygen atoms in total. The number of carbonyl (C=O) groups excluding carboxylic acids is 2. The predicted molar refractivity (Wildman–Crippen MR) is 82.2 cm³/mol. The van der Waals surface area contributed by atoms with Crippen LogP contribution >= 0.6 is 0 Å². The summed E-state index contributed by atoms with van der Waals surface area (Å²) >= 11 is 0. The van der Waals surface area contributed by atoms with Gasteiger partial charge in [-0.15, -0.1) is 0 Å². The molecule has 3 amide bonds. The zero-order valence-electron chi connectivity index (χ0n) is 12.0. The summed E-state index contributed by atoms with van der Waals surface area (Å²) < 4.78 is 0. The monoisotopic (exact) mass is 308 g/mol. The molecule has 0 heterocycles. The van der Waals surface area contributed by atoms with Crippen LogP contribution in [0, 0.1) is 0 Å². The van der Waals surface area contributed by atoms with E-state index in [0.29, 0.717) is 18.7 Å². The standard InChI is InChI=1S/C13H20N6O3/c14-12(15)16-8-4-7-10(11(20)19-22)18-13(21)17-9-5-2-1-3-6-9/h1-3,5-6,10,22H,4,7-8H2,(H,19,20)(H4,14,15,16)(H2,17,18,21)/t10-/m0/s1. The van der Waals surface area contributed by atoms with Crippen molar-refractivity contribution in [3.8, 4) is 0 Å². The second-order valence-corrected chi connectivity index (χ2v) is 4.44. The summed E-state index contributed by atoms with van der Waals surface area (Å²) in [6, 6.07) is 7.31. The van der Waals surface area contributed by atoms with Gasteiger partial charge in [0.25, 0.3) is 5.91 Å². The molecular weight excluding hydrogens is 288 g/mol. The number of hydroxylamine groups is 1. The lowest BCUT2D eigenvalue weighted by Gasteiger charge is -2.16. The molecule has 0 aliphatic rings. The van der Waals surface area contributed by atoms with Crippen molar-refractivity contribution in [3.63, 3.8) is 0 Å². The summed E-state index contributed by atoms with van der Waals surface area (Å²) in [5, 5.41) is 13.8. The highest BCUT2D eigenvalue weighted by molar-refractivity contribution is 5.93. The predicted octanol–water partition coefficient (Wildman–Crippen LogP) is -0.264. The third kappa shape index (κ3) is 6.57. The van der Waals surface area contributed by atoms with E-state index < -0.39 is 18.0 Å². The van der Waals surface area contributed by atoms with Gasteiger partial charge in [-0.3, -0.25) is 15.0 Å². The van der Waals surface area contributed by atoms with Crippen molar-refractivity contribution in [2.45, 2.75) is 18.9 Å². The molecule has 0 radical (unpaired) electrons. The molecule has 120 valence electrons. The number of para-hydroxylation sites is 1. The Morgan fingerprint density at radius 1 is 1.23 bits per heavy atom. The summed E-state index contributed by atoms with van der Waals surface area (Å²) in [5.74, 6) is -0.758. The number of benzene rings is 1. The van der Waals surface area contributed by atoms with Crippen molar-refractivity contribution in [2.24, 2.45) is 16.5 Å².